The van der Waals surface area contributed by atoms with E-state index in [0.29, 0.717) is 5.75 Å². The highest BCUT2D eigenvalue weighted by Crippen LogP contribution is 2.37. The van der Waals surface area contributed by atoms with Crippen LogP contribution in [0.4, 0.5) is 26.3 Å². The number of sulfonamides is 1. The predicted octanol–water partition coefficient (Wildman–Crippen LogP) is 4.70. The van der Waals surface area contributed by atoms with Gasteiger partial charge in [-0.2, -0.15) is 26.3 Å². The summed E-state index contributed by atoms with van der Waals surface area (Å²) < 4.78 is 109. The van der Waals surface area contributed by atoms with Gasteiger partial charge in [0.1, 0.15) is 12.4 Å². The maximum atomic E-state index is 12.9. The lowest BCUT2D eigenvalue weighted by Gasteiger charge is -2.15. The fourth-order valence-electron chi connectivity index (χ4n) is 2.53. The van der Waals surface area contributed by atoms with Crippen molar-refractivity contribution < 1.29 is 39.5 Å². The molecule has 2 aromatic rings. The Morgan fingerprint density at radius 2 is 1.31 bits per heavy atom. The standard InChI is InChI=1S/C18H17F6NO3S/c1-11-5-12(2)7-15(6-11)28-4-3-25-29(26,27)16-9-13(17(19,20)21)8-14(10-16)18(22,23)24/h5-10,25H,3-4H2,1-2H3. The molecule has 0 aliphatic rings. The Labute approximate surface area is 163 Å². The van der Waals surface area contributed by atoms with E-state index in [2.05, 4.69) is 0 Å². The predicted molar refractivity (Wildman–Crippen MR) is 93.0 cm³/mol. The smallest absolute Gasteiger partial charge is 0.416 e. The summed E-state index contributed by atoms with van der Waals surface area (Å²) in [6.45, 7) is 3.13. The van der Waals surface area contributed by atoms with Gasteiger partial charge >= 0.3 is 12.4 Å². The van der Waals surface area contributed by atoms with E-state index in [1.54, 1.807) is 12.1 Å². The number of aryl methyl sites for hydroxylation is 2. The molecule has 0 saturated heterocycles. The van der Waals surface area contributed by atoms with Crippen LogP contribution in [0.1, 0.15) is 22.3 Å². The summed E-state index contributed by atoms with van der Waals surface area (Å²) in [6, 6.07) is 5.46. The average Bonchev–Trinajstić information content (AvgIpc) is 2.56. The Kier molecular flexibility index (Phi) is 6.53. The van der Waals surface area contributed by atoms with Crippen LogP contribution in [0.2, 0.25) is 0 Å². The molecule has 0 heterocycles. The third-order valence-corrected chi connectivity index (χ3v) is 5.17. The first-order valence-corrected chi connectivity index (χ1v) is 9.67. The van der Waals surface area contributed by atoms with Gasteiger partial charge in [-0.05, 0) is 55.3 Å². The first-order valence-electron chi connectivity index (χ1n) is 8.19. The quantitative estimate of drug-likeness (QED) is 0.523. The van der Waals surface area contributed by atoms with Crippen LogP contribution in [-0.2, 0) is 22.4 Å². The number of hydrogen-bond acceptors (Lipinski definition) is 3. The van der Waals surface area contributed by atoms with Gasteiger partial charge < -0.3 is 4.74 Å². The van der Waals surface area contributed by atoms with Gasteiger partial charge in [-0.15, -0.1) is 0 Å². The topological polar surface area (TPSA) is 55.4 Å². The van der Waals surface area contributed by atoms with Gasteiger partial charge in [-0.25, -0.2) is 13.1 Å². The Bertz CT molecular complexity index is 932. The monoisotopic (exact) mass is 441 g/mol. The molecule has 0 spiro atoms. The molecule has 11 heteroatoms. The van der Waals surface area contributed by atoms with Gasteiger partial charge in [0.15, 0.2) is 0 Å². The van der Waals surface area contributed by atoms with E-state index in [4.69, 9.17) is 4.74 Å². The van der Waals surface area contributed by atoms with E-state index in [1.807, 2.05) is 24.6 Å². The van der Waals surface area contributed by atoms with E-state index in [1.165, 1.54) is 0 Å². The van der Waals surface area contributed by atoms with Crippen LogP contribution in [0, 0.1) is 13.8 Å². The SMILES string of the molecule is Cc1cc(C)cc(OCCNS(=O)(=O)c2cc(C(F)(F)F)cc(C(F)(F)F)c2)c1. The van der Waals surface area contributed by atoms with E-state index in [9.17, 15) is 34.8 Å². The van der Waals surface area contributed by atoms with Gasteiger partial charge in [0.2, 0.25) is 10.0 Å². The summed E-state index contributed by atoms with van der Waals surface area (Å²) in [4.78, 5) is -1.13. The molecule has 4 nitrogen and oxygen atoms in total. The molecule has 0 aliphatic carbocycles. The highest BCUT2D eigenvalue weighted by Gasteiger charge is 2.38. The van der Waals surface area contributed by atoms with Gasteiger partial charge in [-0.1, -0.05) is 6.07 Å². The van der Waals surface area contributed by atoms with Crippen LogP contribution in [0.15, 0.2) is 41.3 Å². The molecule has 0 fully saturated rings. The minimum Gasteiger partial charge on any atom is -0.492 e. The Balaban J connectivity index is 2.17. The molecule has 1 N–H and O–H groups in total. The van der Waals surface area contributed by atoms with Crippen molar-refractivity contribution in [3.8, 4) is 5.75 Å². The lowest BCUT2D eigenvalue weighted by molar-refractivity contribution is -0.143. The summed E-state index contributed by atoms with van der Waals surface area (Å²) in [5.41, 5.74) is -1.60. The number of nitrogens with one attached hydrogen (secondary N) is 1. The van der Waals surface area contributed by atoms with E-state index >= 15 is 0 Å². The normalized spacial score (nSPS) is 12.8. The van der Waals surface area contributed by atoms with Crippen molar-refractivity contribution >= 4 is 10.0 Å². The van der Waals surface area contributed by atoms with Gasteiger partial charge in [0.25, 0.3) is 0 Å². The number of halogens is 6. The summed E-state index contributed by atoms with van der Waals surface area (Å²) in [5.74, 6) is 0.458. The Morgan fingerprint density at radius 3 is 1.76 bits per heavy atom. The molecule has 0 bridgehead atoms. The summed E-state index contributed by atoms with van der Waals surface area (Å²) in [7, 11) is -4.63. The number of alkyl halides is 6. The number of hydrogen-bond donors (Lipinski definition) is 1. The first-order chi connectivity index (χ1) is 13.2. The lowest BCUT2D eigenvalue weighted by Crippen LogP contribution is -2.29. The molecule has 160 valence electrons. The van der Waals surface area contributed by atoms with Crippen LogP contribution in [0.25, 0.3) is 0 Å². The van der Waals surface area contributed by atoms with Gasteiger partial charge in [-0.3, -0.25) is 0 Å². The minimum atomic E-state index is -5.14. The van der Waals surface area contributed by atoms with Crippen LogP contribution >= 0.6 is 0 Å². The second-order valence-corrected chi connectivity index (χ2v) is 8.08. The molecule has 2 rings (SSSR count). The van der Waals surface area contributed by atoms with E-state index in [-0.39, 0.29) is 31.4 Å². The summed E-state index contributed by atoms with van der Waals surface area (Å²) in [6.07, 6.45) is -10.3. The van der Waals surface area contributed by atoms with Crippen molar-refractivity contribution in [2.24, 2.45) is 0 Å². The minimum absolute atomic E-state index is 0.137. The van der Waals surface area contributed by atoms with Crippen LogP contribution in [0.3, 0.4) is 0 Å². The number of benzene rings is 2. The largest absolute Gasteiger partial charge is 0.492 e. The molecular weight excluding hydrogens is 424 g/mol. The van der Waals surface area contributed by atoms with Crippen molar-refractivity contribution in [3.05, 3.63) is 58.7 Å². The molecular formula is C18H17F6NO3S. The molecule has 2 aromatic carbocycles. The van der Waals surface area contributed by atoms with Gasteiger partial charge in [0, 0.05) is 6.54 Å². The van der Waals surface area contributed by atoms with Gasteiger partial charge in [0.05, 0.1) is 16.0 Å². The Hall–Kier alpha value is -2.27. The van der Waals surface area contributed by atoms with Crippen LogP contribution in [-0.4, -0.2) is 21.6 Å². The summed E-state index contributed by atoms with van der Waals surface area (Å²) in [5, 5.41) is 0. The van der Waals surface area contributed by atoms with Crippen molar-refractivity contribution in [1.29, 1.82) is 0 Å². The molecule has 0 aliphatic heterocycles. The maximum absolute atomic E-state index is 12.9. The zero-order chi connectivity index (χ0) is 22.0. The lowest BCUT2D eigenvalue weighted by atomic mass is 10.1. The van der Waals surface area contributed by atoms with E-state index < -0.39 is 38.4 Å². The number of rotatable bonds is 6. The highest BCUT2D eigenvalue weighted by molar-refractivity contribution is 7.89. The molecule has 0 saturated carbocycles. The molecule has 0 unspecified atom stereocenters. The average molecular weight is 441 g/mol. The molecule has 0 atom stereocenters. The fourth-order valence-corrected chi connectivity index (χ4v) is 3.61. The third kappa shape index (κ3) is 6.36. The van der Waals surface area contributed by atoms with Crippen molar-refractivity contribution in [3.63, 3.8) is 0 Å². The molecule has 0 aromatic heterocycles. The summed E-state index contributed by atoms with van der Waals surface area (Å²) >= 11 is 0. The third-order valence-electron chi connectivity index (χ3n) is 3.73. The van der Waals surface area contributed by atoms with Crippen molar-refractivity contribution in [2.45, 2.75) is 31.1 Å². The molecule has 0 radical (unpaired) electrons. The molecule has 0 amide bonds. The second-order valence-electron chi connectivity index (χ2n) is 6.31. The first kappa shape index (κ1) is 23.0. The zero-order valence-corrected chi connectivity index (χ0v) is 16.1. The highest BCUT2D eigenvalue weighted by atomic mass is 32.2. The van der Waals surface area contributed by atoms with Crippen LogP contribution < -0.4 is 9.46 Å². The van der Waals surface area contributed by atoms with Crippen LogP contribution in [0.5, 0.6) is 5.75 Å². The molecule has 29 heavy (non-hydrogen) atoms. The van der Waals surface area contributed by atoms with E-state index in [0.717, 1.165) is 11.1 Å². The maximum Gasteiger partial charge on any atom is 0.416 e. The second kappa shape index (κ2) is 8.23. The van der Waals surface area contributed by atoms with Crippen molar-refractivity contribution in [2.75, 3.05) is 13.2 Å². The fraction of sp³-hybridized carbons (Fsp3) is 0.333. The number of ether oxygens (including phenoxy) is 1. The Morgan fingerprint density at radius 1 is 0.828 bits per heavy atom. The van der Waals surface area contributed by atoms with Crippen molar-refractivity contribution in [1.82, 2.24) is 4.72 Å². The zero-order valence-electron chi connectivity index (χ0n) is 15.3.